The Morgan fingerprint density at radius 1 is 1.44 bits per heavy atom. The number of nitrogens with zero attached hydrogens (tertiary/aromatic N) is 2. The predicted octanol–water partition coefficient (Wildman–Crippen LogP) is 1.34. The normalized spacial score (nSPS) is 16.1. The Morgan fingerprint density at radius 2 is 2.12 bits per heavy atom. The topological polar surface area (TPSA) is 61.2 Å². The zero-order chi connectivity index (χ0) is 11.8. The van der Waals surface area contributed by atoms with Crippen molar-refractivity contribution in [2.45, 2.75) is 23.8 Å². The highest BCUT2D eigenvalue weighted by Crippen LogP contribution is 2.30. The van der Waals surface area contributed by atoms with Crippen LogP contribution in [0.15, 0.2) is 29.2 Å². The van der Waals surface area contributed by atoms with Crippen molar-refractivity contribution in [2.24, 2.45) is 0 Å². The molecule has 4 nitrogen and oxygen atoms in total. The molecule has 1 aliphatic carbocycles. The van der Waals surface area contributed by atoms with Gasteiger partial charge in [0.05, 0.1) is 16.5 Å². The van der Waals surface area contributed by atoms with Crippen molar-refractivity contribution in [1.82, 2.24) is 4.31 Å². The summed E-state index contributed by atoms with van der Waals surface area (Å²) in [5, 5.41) is 8.73. The van der Waals surface area contributed by atoms with E-state index in [1.54, 1.807) is 19.2 Å². The summed E-state index contributed by atoms with van der Waals surface area (Å²) in [5.74, 6) is 0. The molecule has 0 atom stereocenters. The molecule has 0 saturated heterocycles. The highest BCUT2D eigenvalue weighted by molar-refractivity contribution is 7.89. The largest absolute Gasteiger partial charge is 0.243 e. The lowest BCUT2D eigenvalue weighted by Crippen LogP contribution is -2.28. The van der Waals surface area contributed by atoms with Crippen LogP contribution in [0.25, 0.3) is 0 Å². The molecule has 1 aromatic carbocycles. The monoisotopic (exact) mass is 236 g/mol. The second kappa shape index (κ2) is 3.89. The molecule has 0 aliphatic heterocycles. The third kappa shape index (κ3) is 1.94. The third-order valence-electron chi connectivity index (χ3n) is 2.70. The summed E-state index contributed by atoms with van der Waals surface area (Å²) >= 11 is 0. The highest BCUT2D eigenvalue weighted by atomic mass is 32.2. The molecule has 84 valence electrons. The lowest BCUT2D eigenvalue weighted by molar-refractivity contribution is 0.464. The van der Waals surface area contributed by atoms with E-state index in [4.69, 9.17) is 5.26 Å². The van der Waals surface area contributed by atoms with Crippen molar-refractivity contribution in [3.63, 3.8) is 0 Å². The summed E-state index contributed by atoms with van der Waals surface area (Å²) in [7, 11) is -1.84. The summed E-state index contributed by atoms with van der Waals surface area (Å²) in [4.78, 5) is 0.195. The average molecular weight is 236 g/mol. The maximum Gasteiger partial charge on any atom is 0.243 e. The van der Waals surface area contributed by atoms with Gasteiger partial charge < -0.3 is 0 Å². The summed E-state index contributed by atoms with van der Waals surface area (Å²) < 4.78 is 25.6. The van der Waals surface area contributed by atoms with Gasteiger partial charge in [0.1, 0.15) is 0 Å². The van der Waals surface area contributed by atoms with Crippen LogP contribution in [0.1, 0.15) is 18.4 Å². The molecular formula is C11H12N2O2S. The van der Waals surface area contributed by atoms with Crippen molar-refractivity contribution in [2.75, 3.05) is 7.05 Å². The Labute approximate surface area is 95.2 Å². The van der Waals surface area contributed by atoms with Gasteiger partial charge in [-0.1, -0.05) is 6.07 Å². The fourth-order valence-corrected chi connectivity index (χ4v) is 2.99. The Kier molecular flexibility index (Phi) is 2.70. The molecule has 0 N–H and O–H groups in total. The van der Waals surface area contributed by atoms with E-state index < -0.39 is 10.0 Å². The minimum absolute atomic E-state index is 0.135. The van der Waals surface area contributed by atoms with E-state index in [9.17, 15) is 8.42 Å². The van der Waals surface area contributed by atoms with Crippen molar-refractivity contribution >= 4 is 10.0 Å². The molecule has 0 radical (unpaired) electrons. The predicted molar refractivity (Wildman–Crippen MR) is 59.1 cm³/mol. The zero-order valence-corrected chi connectivity index (χ0v) is 9.74. The molecule has 0 amide bonds. The molecule has 1 aliphatic rings. The first-order chi connectivity index (χ1) is 7.55. The van der Waals surface area contributed by atoms with Crippen molar-refractivity contribution in [1.29, 1.82) is 5.26 Å². The molecule has 1 fully saturated rings. The van der Waals surface area contributed by atoms with E-state index in [0.717, 1.165) is 12.8 Å². The fraction of sp³-hybridized carbons (Fsp3) is 0.364. The van der Waals surface area contributed by atoms with E-state index in [1.165, 1.54) is 16.4 Å². The lowest BCUT2D eigenvalue weighted by atomic mass is 10.2. The standard InChI is InChI=1S/C11H12N2O2S/c1-13(10-5-6-10)16(14,15)11-4-2-3-9(7-11)8-12/h2-4,7,10H,5-6H2,1H3. The molecule has 0 unspecified atom stereocenters. The summed E-state index contributed by atoms with van der Waals surface area (Å²) in [6.45, 7) is 0. The van der Waals surface area contributed by atoms with Gasteiger partial charge in [-0.05, 0) is 31.0 Å². The summed E-state index contributed by atoms with van der Waals surface area (Å²) in [6.07, 6.45) is 1.85. The van der Waals surface area contributed by atoms with E-state index in [2.05, 4.69) is 0 Å². The van der Waals surface area contributed by atoms with Gasteiger partial charge in [0.25, 0.3) is 0 Å². The van der Waals surface area contributed by atoms with Crippen LogP contribution < -0.4 is 0 Å². The lowest BCUT2D eigenvalue weighted by Gasteiger charge is -2.16. The van der Waals surface area contributed by atoms with Crippen molar-refractivity contribution < 1.29 is 8.42 Å². The molecule has 2 rings (SSSR count). The van der Waals surface area contributed by atoms with Crippen molar-refractivity contribution in [3.8, 4) is 6.07 Å². The smallest absolute Gasteiger partial charge is 0.207 e. The molecule has 0 spiro atoms. The minimum Gasteiger partial charge on any atom is -0.207 e. The van der Waals surface area contributed by atoms with Gasteiger partial charge in [-0.2, -0.15) is 9.57 Å². The Morgan fingerprint density at radius 3 is 2.69 bits per heavy atom. The van der Waals surface area contributed by atoms with Crippen LogP contribution in [0.5, 0.6) is 0 Å². The first kappa shape index (κ1) is 11.1. The molecule has 5 heteroatoms. The van der Waals surface area contributed by atoms with Gasteiger partial charge in [-0.25, -0.2) is 8.42 Å². The number of hydrogen-bond acceptors (Lipinski definition) is 3. The second-order valence-corrected chi connectivity index (χ2v) is 5.89. The average Bonchev–Trinajstić information content (AvgIpc) is 3.12. The van der Waals surface area contributed by atoms with Gasteiger partial charge in [0.15, 0.2) is 0 Å². The SMILES string of the molecule is CN(C1CC1)S(=O)(=O)c1cccc(C#N)c1. The van der Waals surface area contributed by atoms with E-state index in [-0.39, 0.29) is 10.9 Å². The van der Waals surface area contributed by atoms with Crippen LogP contribution in [-0.4, -0.2) is 25.8 Å². The number of nitriles is 1. The van der Waals surface area contributed by atoms with E-state index >= 15 is 0 Å². The maximum absolute atomic E-state index is 12.1. The van der Waals surface area contributed by atoms with Crippen LogP contribution >= 0.6 is 0 Å². The number of hydrogen-bond donors (Lipinski definition) is 0. The third-order valence-corrected chi connectivity index (χ3v) is 4.61. The van der Waals surface area contributed by atoms with E-state index in [0.29, 0.717) is 5.56 Å². The molecule has 1 aromatic rings. The first-order valence-electron chi connectivity index (χ1n) is 5.04. The Balaban J connectivity index is 2.39. The van der Waals surface area contributed by atoms with Crippen LogP contribution in [0.3, 0.4) is 0 Å². The van der Waals surface area contributed by atoms with Gasteiger partial charge in [-0.3, -0.25) is 0 Å². The van der Waals surface area contributed by atoms with E-state index in [1.807, 2.05) is 6.07 Å². The highest BCUT2D eigenvalue weighted by Gasteiger charge is 2.34. The van der Waals surface area contributed by atoms with Crippen LogP contribution in [-0.2, 0) is 10.0 Å². The van der Waals surface area contributed by atoms with Crippen molar-refractivity contribution in [3.05, 3.63) is 29.8 Å². The number of sulfonamides is 1. The minimum atomic E-state index is -3.43. The Hall–Kier alpha value is -1.38. The fourth-order valence-electron chi connectivity index (χ4n) is 1.53. The van der Waals surface area contributed by atoms with Gasteiger partial charge in [-0.15, -0.1) is 0 Å². The molecule has 16 heavy (non-hydrogen) atoms. The van der Waals surface area contributed by atoms with Gasteiger partial charge >= 0.3 is 0 Å². The van der Waals surface area contributed by atoms with Gasteiger partial charge in [0.2, 0.25) is 10.0 Å². The molecule has 0 heterocycles. The maximum atomic E-state index is 12.1. The molecule has 1 saturated carbocycles. The number of benzene rings is 1. The number of rotatable bonds is 3. The van der Waals surface area contributed by atoms with Crippen LogP contribution in [0.4, 0.5) is 0 Å². The quantitative estimate of drug-likeness (QED) is 0.795. The first-order valence-corrected chi connectivity index (χ1v) is 6.48. The molecule has 0 bridgehead atoms. The molecular weight excluding hydrogens is 224 g/mol. The van der Waals surface area contributed by atoms with Gasteiger partial charge in [0, 0.05) is 13.1 Å². The second-order valence-electron chi connectivity index (χ2n) is 3.89. The van der Waals surface area contributed by atoms with Crippen LogP contribution in [0, 0.1) is 11.3 Å². The Bertz CT molecular complexity index is 541. The zero-order valence-electron chi connectivity index (χ0n) is 8.92. The van der Waals surface area contributed by atoms with Crippen LogP contribution in [0.2, 0.25) is 0 Å². The summed E-state index contributed by atoms with van der Waals surface area (Å²) in [6, 6.07) is 8.19. The summed E-state index contributed by atoms with van der Waals surface area (Å²) in [5.41, 5.74) is 0.366. The molecule has 0 aromatic heterocycles.